The number of benzene rings is 1. The zero-order valence-corrected chi connectivity index (χ0v) is 11.7. The summed E-state index contributed by atoms with van der Waals surface area (Å²) in [6, 6.07) is 8.90. The second-order valence-corrected chi connectivity index (χ2v) is 7.33. The fourth-order valence-electron chi connectivity index (χ4n) is 4.96. The summed E-state index contributed by atoms with van der Waals surface area (Å²) >= 11 is 6.71. The molecule has 1 heteroatoms. The molecule has 0 heterocycles. The lowest BCUT2D eigenvalue weighted by Crippen LogP contribution is -2.13. The van der Waals surface area contributed by atoms with Crippen LogP contribution < -0.4 is 0 Å². The normalized spacial score (nSPS) is 41.8. The Morgan fingerprint density at radius 2 is 1.72 bits per heavy atom. The minimum atomic E-state index is 0.381. The minimum Gasteiger partial charge on any atom is -0.122 e. The third-order valence-corrected chi connectivity index (χ3v) is 6.21. The number of fused-ring (bicyclic) bond motifs is 5. The second kappa shape index (κ2) is 4.00. The van der Waals surface area contributed by atoms with Gasteiger partial charge in [0.25, 0.3) is 0 Å². The lowest BCUT2D eigenvalue weighted by atomic mass is 9.97. The van der Waals surface area contributed by atoms with E-state index in [1.54, 1.807) is 0 Å². The van der Waals surface area contributed by atoms with Crippen LogP contribution in [0.2, 0.25) is 0 Å². The molecule has 0 spiro atoms. The summed E-state index contributed by atoms with van der Waals surface area (Å²) in [5, 5.41) is 0.381. The van der Waals surface area contributed by atoms with Crippen LogP contribution in [0.15, 0.2) is 24.3 Å². The van der Waals surface area contributed by atoms with Gasteiger partial charge in [0.15, 0.2) is 0 Å². The van der Waals surface area contributed by atoms with Crippen molar-refractivity contribution in [2.45, 2.75) is 38.0 Å². The van der Waals surface area contributed by atoms with E-state index in [0.29, 0.717) is 5.38 Å². The molecule has 0 N–H and O–H groups in total. The highest BCUT2D eigenvalue weighted by Gasteiger charge is 2.66. The van der Waals surface area contributed by atoms with E-state index < -0.39 is 0 Å². The highest BCUT2D eigenvalue weighted by Crippen LogP contribution is 2.71. The van der Waals surface area contributed by atoms with E-state index in [4.69, 9.17) is 11.6 Å². The lowest BCUT2D eigenvalue weighted by Gasteiger charge is -2.14. The van der Waals surface area contributed by atoms with Crippen LogP contribution in [0.25, 0.3) is 0 Å². The monoisotopic (exact) mass is 260 g/mol. The van der Waals surface area contributed by atoms with Crippen molar-refractivity contribution in [1.29, 1.82) is 0 Å². The van der Waals surface area contributed by atoms with E-state index in [0.717, 1.165) is 36.0 Å². The third kappa shape index (κ3) is 1.65. The number of hydrogen-bond donors (Lipinski definition) is 0. The summed E-state index contributed by atoms with van der Waals surface area (Å²) in [6.07, 6.45) is 5.59. The van der Waals surface area contributed by atoms with Gasteiger partial charge in [-0.25, -0.2) is 0 Å². The van der Waals surface area contributed by atoms with Crippen LogP contribution in [0, 0.1) is 36.5 Å². The second-order valence-electron chi connectivity index (χ2n) is 6.77. The van der Waals surface area contributed by atoms with E-state index in [9.17, 15) is 0 Å². The Kier molecular flexibility index (Phi) is 2.52. The summed E-state index contributed by atoms with van der Waals surface area (Å²) in [5.74, 6) is 4.96. The van der Waals surface area contributed by atoms with Gasteiger partial charge in [0.05, 0.1) is 0 Å². The quantitative estimate of drug-likeness (QED) is 0.705. The molecule has 0 aliphatic heterocycles. The van der Waals surface area contributed by atoms with Crippen molar-refractivity contribution in [3.8, 4) is 0 Å². The predicted molar refractivity (Wildman–Crippen MR) is 75.8 cm³/mol. The molecule has 3 fully saturated rings. The summed E-state index contributed by atoms with van der Waals surface area (Å²) in [7, 11) is 0. The Bertz CT molecular complexity index is 433. The van der Waals surface area contributed by atoms with Crippen LogP contribution in [0.5, 0.6) is 0 Å². The number of aryl methyl sites for hydroxylation is 1. The zero-order valence-electron chi connectivity index (χ0n) is 11.0. The summed E-state index contributed by atoms with van der Waals surface area (Å²) in [4.78, 5) is 0. The molecular formula is C17H21Cl. The molecular weight excluding hydrogens is 240 g/mol. The van der Waals surface area contributed by atoms with Gasteiger partial charge in [0, 0.05) is 5.38 Å². The summed E-state index contributed by atoms with van der Waals surface area (Å²) in [6.45, 7) is 2.14. The smallest absolute Gasteiger partial charge is 0.0410 e. The highest BCUT2D eigenvalue weighted by molar-refractivity contribution is 6.21. The first-order valence-corrected chi connectivity index (χ1v) is 7.87. The maximum absolute atomic E-state index is 6.71. The van der Waals surface area contributed by atoms with Gasteiger partial charge in [-0.1, -0.05) is 29.8 Å². The van der Waals surface area contributed by atoms with Crippen molar-refractivity contribution < 1.29 is 0 Å². The maximum Gasteiger partial charge on any atom is 0.0410 e. The fraction of sp³-hybridized carbons (Fsp3) is 0.647. The number of hydrogen-bond acceptors (Lipinski definition) is 0. The van der Waals surface area contributed by atoms with Gasteiger partial charge < -0.3 is 0 Å². The molecule has 2 bridgehead atoms. The molecule has 5 atom stereocenters. The highest BCUT2D eigenvalue weighted by atomic mass is 35.5. The molecule has 96 valence electrons. The summed E-state index contributed by atoms with van der Waals surface area (Å²) in [5.41, 5.74) is 2.75. The van der Waals surface area contributed by atoms with Crippen LogP contribution in [-0.4, -0.2) is 5.38 Å². The van der Waals surface area contributed by atoms with Gasteiger partial charge in [-0.15, -0.1) is 11.6 Å². The largest absolute Gasteiger partial charge is 0.122 e. The van der Waals surface area contributed by atoms with Crippen molar-refractivity contribution in [3.63, 3.8) is 0 Å². The molecule has 0 nitrogen and oxygen atoms in total. The Morgan fingerprint density at radius 1 is 1.11 bits per heavy atom. The molecule has 3 aliphatic carbocycles. The average Bonchev–Trinajstić information content (AvgIpc) is 2.82. The molecule has 0 amide bonds. The molecule has 0 saturated heterocycles. The van der Waals surface area contributed by atoms with E-state index in [1.807, 2.05) is 0 Å². The topological polar surface area (TPSA) is 0 Å². The fourth-order valence-corrected chi connectivity index (χ4v) is 5.48. The molecule has 4 rings (SSSR count). The number of rotatable bonds is 3. The SMILES string of the molecule is Cc1ccc(CC(Cl)C2C3C4CCC(C4)C23)cc1. The first-order valence-electron chi connectivity index (χ1n) is 7.43. The number of halogens is 1. The Balaban J connectivity index is 1.43. The van der Waals surface area contributed by atoms with Gasteiger partial charge >= 0.3 is 0 Å². The van der Waals surface area contributed by atoms with Crippen molar-refractivity contribution in [2.75, 3.05) is 0 Å². The predicted octanol–water partition coefficient (Wildman–Crippen LogP) is 4.44. The van der Waals surface area contributed by atoms with Gasteiger partial charge in [-0.3, -0.25) is 0 Å². The van der Waals surface area contributed by atoms with Crippen LogP contribution in [0.4, 0.5) is 0 Å². The van der Waals surface area contributed by atoms with E-state index in [1.165, 1.54) is 30.4 Å². The van der Waals surface area contributed by atoms with Crippen LogP contribution in [0.3, 0.4) is 0 Å². The standard InChI is InChI=1S/C17H21Cl/c1-10-2-4-11(5-3-10)8-14(18)17-15-12-6-7-13(9-12)16(15)17/h2-5,12-17H,6-9H2,1H3. The first kappa shape index (κ1) is 11.3. The number of alkyl halides is 1. The van der Waals surface area contributed by atoms with E-state index in [-0.39, 0.29) is 0 Å². The van der Waals surface area contributed by atoms with Crippen LogP contribution in [-0.2, 0) is 6.42 Å². The average molecular weight is 261 g/mol. The van der Waals surface area contributed by atoms with E-state index >= 15 is 0 Å². The van der Waals surface area contributed by atoms with Crippen LogP contribution in [0.1, 0.15) is 30.4 Å². The van der Waals surface area contributed by atoms with Gasteiger partial charge in [-0.05, 0) is 67.8 Å². The third-order valence-electron chi connectivity index (χ3n) is 5.76. The van der Waals surface area contributed by atoms with Gasteiger partial charge in [0.1, 0.15) is 0 Å². The molecule has 1 aromatic rings. The first-order chi connectivity index (χ1) is 8.74. The molecule has 1 aromatic carbocycles. The minimum absolute atomic E-state index is 0.381. The molecule has 0 aromatic heterocycles. The molecule has 3 aliphatic rings. The van der Waals surface area contributed by atoms with Gasteiger partial charge in [-0.2, -0.15) is 0 Å². The van der Waals surface area contributed by atoms with Crippen LogP contribution >= 0.6 is 11.6 Å². The van der Waals surface area contributed by atoms with Crippen molar-refractivity contribution in [2.24, 2.45) is 29.6 Å². The maximum atomic E-state index is 6.71. The molecule has 0 radical (unpaired) electrons. The molecule has 5 unspecified atom stereocenters. The van der Waals surface area contributed by atoms with Crippen molar-refractivity contribution in [3.05, 3.63) is 35.4 Å². The Hall–Kier alpha value is -0.490. The Labute approximate surface area is 115 Å². The summed E-state index contributed by atoms with van der Waals surface area (Å²) < 4.78 is 0. The zero-order chi connectivity index (χ0) is 12.3. The molecule has 18 heavy (non-hydrogen) atoms. The Morgan fingerprint density at radius 3 is 2.33 bits per heavy atom. The van der Waals surface area contributed by atoms with Crippen molar-refractivity contribution in [1.82, 2.24) is 0 Å². The molecule has 3 saturated carbocycles. The van der Waals surface area contributed by atoms with Crippen molar-refractivity contribution >= 4 is 11.6 Å². The lowest BCUT2D eigenvalue weighted by molar-refractivity contribution is 0.449. The van der Waals surface area contributed by atoms with Gasteiger partial charge in [0.2, 0.25) is 0 Å². The van der Waals surface area contributed by atoms with E-state index in [2.05, 4.69) is 31.2 Å².